The third-order valence-electron chi connectivity index (χ3n) is 2.99. The Labute approximate surface area is 110 Å². The van der Waals surface area contributed by atoms with Crippen LogP contribution in [-0.2, 0) is 9.59 Å². The zero-order chi connectivity index (χ0) is 13.8. The third kappa shape index (κ3) is 3.51. The van der Waals surface area contributed by atoms with Crippen LogP contribution in [0.15, 0.2) is 24.3 Å². The molecule has 2 rings (SSSR count). The molecule has 2 amide bonds. The predicted molar refractivity (Wildman–Crippen MR) is 65.6 cm³/mol. The van der Waals surface area contributed by atoms with Crippen molar-refractivity contribution in [2.24, 2.45) is 0 Å². The van der Waals surface area contributed by atoms with Gasteiger partial charge in [-0.3, -0.25) is 9.59 Å². The number of piperazine rings is 1. The van der Waals surface area contributed by atoms with Crippen LogP contribution in [-0.4, -0.2) is 41.5 Å². The van der Waals surface area contributed by atoms with Gasteiger partial charge in [-0.15, -0.1) is 0 Å². The van der Waals surface area contributed by atoms with Gasteiger partial charge in [0.2, 0.25) is 11.8 Å². The van der Waals surface area contributed by atoms with Crippen molar-refractivity contribution in [3.05, 3.63) is 35.6 Å². The first kappa shape index (κ1) is 13.5. The van der Waals surface area contributed by atoms with E-state index in [-0.39, 0.29) is 24.8 Å². The maximum absolute atomic E-state index is 13.0. The van der Waals surface area contributed by atoms with Gasteiger partial charge >= 0.3 is 0 Å². The van der Waals surface area contributed by atoms with Crippen molar-refractivity contribution in [3.8, 4) is 0 Å². The topological polar surface area (TPSA) is 69.6 Å². The van der Waals surface area contributed by atoms with Gasteiger partial charge in [0.15, 0.2) is 0 Å². The summed E-state index contributed by atoms with van der Waals surface area (Å²) >= 11 is 0. The van der Waals surface area contributed by atoms with E-state index in [2.05, 4.69) is 5.32 Å². The summed E-state index contributed by atoms with van der Waals surface area (Å²) in [5.74, 6) is -0.979. The number of hydrogen-bond donors (Lipinski definition) is 2. The largest absolute Gasteiger partial charge is 0.388 e. The highest BCUT2D eigenvalue weighted by molar-refractivity contribution is 5.86. The van der Waals surface area contributed by atoms with Crippen molar-refractivity contribution in [2.45, 2.75) is 12.5 Å². The van der Waals surface area contributed by atoms with E-state index in [1.54, 1.807) is 6.07 Å². The van der Waals surface area contributed by atoms with Crippen molar-refractivity contribution < 1.29 is 19.1 Å². The monoisotopic (exact) mass is 266 g/mol. The Morgan fingerprint density at radius 3 is 3.00 bits per heavy atom. The molecule has 1 aromatic rings. The first-order valence-corrected chi connectivity index (χ1v) is 6.04. The summed E-state index contributed by atoms with van der Waals surface area (Å²) in [4.78, 5) is 24.5. The Morgan fingerprint density at radius 2 is 2.32 bits per heavy atom. The van der Waals surface area contributed by atoms with Crippen molar-refractivity contribution in [1.82, 2.24) is 10.2 Å². The Bertz CT molecular complexity index is 493. The number of amides is 2. The molecule has 0 aromatic heterocycles. The van der Waals surface area contributed by atoms with Crippen LogP contribution in [0.4, 0.5) is 4.39 Å². The second-order valence-electron chi connectivity index (χ2n) is 4.44. The minimum Gasteiger partial charge on any atom is -0.388 e. The summed E-state index contributed by atoms with van der Waals surface area (Å²) in [5, 5.41) is 12.5. The van der Waals surface area contributed by atoms with Gasteiger partial charge in [-0.2, -0.15) is 0 Å². The fraction of sp³-hybridized carbons (Fsp3) is 0.385. The maximum atomic E-state index is 13.0. The van der Waals surface area contributed by atoms with E-state index in [1.807, 2.05) is 0 Å². The SMILES string of the molecule is O=C1CN(C(=O)CC(O)c2cccc(F)c2)CCN1. The summed E-state index contributed by atoms with van der Waals surface area (Å²) in [7, 11) is 0. The van der Waals surface area contributed by atoms with Crippen molar-refractivity contribution in [2.75, 3.05) is 19.6 Å². The molecule has 19 heavy (non-hydrogen) atoms. The zero-order valence-electron chi connectivity index (χ0n) is 10.3. The molecule has 2 N–H and O–H groups in total. The summed E-state index contributed by atoms with van der Waals surface area (Å²) in [5.41, 5.74) is 0.356. The van der Waals surface area contributed by atoms with Crippen molar-refractivity contribution >= 4 is 11.8 Å². The molecule has 0 aliphatic carbocycles. The lowest BCUT2D eigenvalue weighted by Crippen LogP contribution is -2.50. The molecule has 1 saturated heterocycles. The molecule has 102 valence electrons. The Kier molecular flexibility index (Phi) is 4.11. The molecule has 1 unspecified atom stereocenters. The molecule has 1 aromatic carbocycles. The second kappa shape index (κ2) is 5.79. The average Bonchev–Trinajstić information content (AvgIpc) is 2.38. The normalized spacial score (nSPS) is 16.9. The molecule has 5 nitrogen and oxygen atoms in total. The molecule has 0 bridgehead atoms. The van der Waals surface area contributed by atoms with Gasteiger partial charge in [0.25, 0.3) is 0 Å². The molecule has 1 heterocycles. The van der Waals surface area contributed by atoms with Crippen LogP contribution in [0.1, 0.15) is 18.1 Å². The van der Waals surface area contributed by atoms with Crippen LogP contribution in [0.2, 0.25) is 0 Å². The Balaban J connectivity index is 1.96. The summed E-state index contributed by atoms with van der Waals surface area (Å²) in [6, 6.07) is 5.50. The van der Waals surface area contributed by atoms with Gasteiger partial charge in [-0.25, -0.2) is 4.39 Å². The third-order valence-corrected chi connectivity index (χ3v) is 2.99. The van der Waals surface area contributed by atoms with E-state index in [0.29, 0.717) is 18.7 Å². The number of benzene rings is 1. The Morgan fingerprint density at radius 1 is 1.53 bits per heavy atom. The van der Waals surface area contributed by atoms with Crippen LogP contribution in [0.5, 0.6) is 0 Å². The molecule has 1 atom stereocenters. The molecule has 1 aliphatic heterocycles. The number of rotatable bonds is 3. The summed E-state index contributed by atoms with van der Waals surface area (Å²) < 4.78 is 13.0. The van der Waals surface area contributed by atoms with E-state index in [9.17, 15) is 19.1 Å². The number of hydrogen-bond acceptors (Lipinski definition) is 3. The fourth-order valence-corrected chi connectivity index (χ4v) is 1.98. The summed E-state index contributed by atoms with van der Waals surface area (Å²) in [6.45, 7) is 0.857. The second-order valence-corrected chi connectivity index (χ2v) is 4.44. The van der Waals surface area contributed by atoms with Crippen molar-refractivity contribution in [3.63, 3.8) is 0 Å². The minimum atomic E-state index is -1.06. The minimum absolute atomic E-state index is 0.00864. The van der Waals surface area contributed by atoms with E-state index in [4.69, 9.17) is 0 Å². The molecular weight excluding hydrogens is 251 g/mol. The number of carbonyl (C=O) groups is 2. The number of aliphatic hydroxyl groups excluding tert-OH is 1. The molecule has 1 aliphatic rings. The van der Waals surface area contributed by atoms with E-state index < -0.39 is 11.9 Å². The lowest BCUT2D eigenvalue weighted by molar-refractivity contribution is -0.139. The molecule has 1 fully saturated rings. The molecular formula is C13H15FN2O3. The van der Waals surface area contributed by atoms with E-state index in [1.165, 1.54) is 23.1 Å². The van der Waals surface area contributed by atoms with E-state index >= 15 is 0 Å². The lowest BCUT2D eigenvalue weighted by Gasteiger charge is -2.27. The van der Waals surface area contributed by atoms with Gasteiger partial charge in [-0.05, 0) is 17.7 Å². The van der Waals surface area contributed by atoms with Crippen LogP contribution in [0.3, 0.4) is 0 Å². The van der Waals surface area contributed by atoms with Crippen LogP contribution in [0, 0.1) is 5.82 Å². The first-order valence-electron chi connectivity index (χ1n) is 6.04. The maximum Gasteiger partial charge on any atom is 0.239 e. The number of nitrogens with zero attached hydrogens (tertiary/aromatic N) is 1. The van der Waals surface area contributed by atoms with Gasteiger partial charge < -0.3 is 15.3 Å². The van der Waals surface area contributed by atoms with Crippen molar-refractivity contribution in [1.29, 1.82) is 0 Å². The van der Waals surface area contributed by atoms with Gasteiger partial charge in [-0.1, -0.05) is 12.1 Å². The molecule has 0 saturated carbocycles. The standard InChI is InChI=1S/C13H15FN2O3/c14-10-3-1-2-9(6-10)11(17)7-13(19)16-5-4-15-12(18)8-16/h1-3,6,11,17H,4-5,7-8H2,(H,15,18). The molecule has 0 radical (unpaired) electrons. The van der Waals surface area contributed by atoms with Gasteiger partial charge in [0.1, 0.15) is 5.82 Å². The number of aliphatic hydroxyl groups is 1. The highest BCUT2D eigenvalue weighted by Gasteiger charge is 2.23. The fourth-order valence-electron chi connectivity index (χ4n) is 1.98. The Hall–Kier alpha value is -1.95. The zero-order valence-corrected chi connectivity index (χ0v) is 10.3. The van der Waals surface area contributed by atoms with Gasteiger partial charge in [0, 0.05) is 13.1 Å². The number of carbonyl (C=O) groups excluding carboxylic acids is 2. The molecule has 6 heteroatoms. The van der Waals surface area contributed by atoms with E-state index in [0.717, 1.165) is 0 Å². The predicted octanol–water partition coefficient (Wildman–Crippen LogP) is 0.208. The summed E-state index contributed by atoms with van der Waals surface area (Å²) in [6.07, 6.45) is -1.22. The van der Waals surface area contributed by atoms with Crippen LogP contribution < -0.4 is 5.32 Å². The van der Waals surface area contributed by atoms with Gasteiger partial charge in [0.05, 0.1) is 19.1 Å². The van der Waals surface area contributed by atoms with Crippen LogP contribution >= 0.6 is 0 Å². The highest BCUT2D eigenvalue weighted by Crippen LogP contribution is 2.18. The first-order chi connectivity index (χ1) is 9.06. The van der Waals surface area contributed by atoms with Crippen LogP contribution in [0.25, 0.3) is 0 Å². The highest BCUT2D eigenvalue weighted by atomic mass is 19.1. The molecule has 0 spiro atoms. The quantitative estimate of drug-likeness (QED) is 0.821. The smallest absolute Gasteiger partial charge is 0.239 e. The number of halogens is 1. The average molecular weight is 266 g/mol. The lowest BCUT2D eigenvalue weighted by atomic mass is 10.1. The number of nitrogens with one attached hydrogen (secondary N) is 1.